The summed E-state index contributed by atoms with van der Waals surface area (Å²) in [6, 6.07) is 16.6. The van der Waals surface area contributed by atoms with Gasteiger partial charge in [0.2, 0.25) is 0 Å². The van der Waals surface area contributed by atoms with Gasteiger partial charge >= 0.3 is 0 Å². The fourth-order valence-electron chi connectivity index (χ4n) is 3.95. The summed E-state index contributed by atoms with van der Waals surface area (Å²) in [5.74, 6) is 0.904. The van der Waals surface area contributed by atoms with E-state index in [9.17, 15) is 0 Å². The SMILES string of the molecule is c1cncc([C@H]2c3nc[nH]c3CCN2Cc2ccccc2-c2ccco2)c1. The zero-order chi connectivity index (χ0) is 18.1. The van der Waals surface area contributed by atoms with Crippen LogP contribution >= 0.6 is 0 Å². The first-order valence-corrected chi connectivity index (χ1v) is 9.18. The van der Waals surface area contributed by atoms with Crippen LogP contribution in [0.2, 0.25) is 0 Å². The van der Waals surface area contributed by atoms with Crippen molar-refractivity contribution < 1.29 is 4.42 Å². The molecule has 0 saturated heterocycles. The molecule has 0 unspecified atom stereocenters. The van der Waals surface area contributed by atoms with Gasteiger partial charge in [0.1, 0.15) is 5.76 Å². The van der Waals surface area contributed by atoms with E-state index in [4.69, 9.17) is 4.42 Å². The lowest BCUT2D eigenvalue weighted by molar-refractivity contribution is 0.200. The largest absolute Gasteiger partial charge is 0.464 e. The summed E-state index contributed by atoms with van der Waals surface area (Å²) < 4.78 is 5.66. The average molecular weight is 356 g/mol. The fourth-order valence-corrected chi connectivity index (χ4v) is 3.95. The highest BCUT2D eigenvalue weighted by Crippen LogP contribution is 2.35. The highest BCUT2D eigenvalue weighted by Gasteiger charge is 2.31. The number of imidazole rings is 1. The van der Waals surface area contributed by atoms with Crippen molar-refractivity contribution in [3.63, 3.8) is 0 Å². The molecule has 5 heteroatoms. The van der Waals surface area contributed by atoms with Crippen LogP contribution in [-0.2, 0) is 13.0 Å². The molecule has 0 fully saturated rings. The molecule has 1 aliphatic heterocycles. The molecule has 0 spiro atoms. The third kappa shape index (κ3) is 2.96. The van der Waals surface area contributed by atoms with Gasteiger partial charge in [-0.2, -0.15) is 0 Å². The number of pyridine rings is 1. The van der Waals surface area contributed by atoms with E-state index in [1.165, 1.54) is 16.8 Å². The molecule has 0 amide bonds. The number of hydrogen-bond donors (Lipinski definition) is 1. The van der Waals surface area contributed by atoms with E-state index in [1.807, 2.05) is 30.6 Å². The van der Waals surface area contributed by atoms with Crippen LogP contribution in [0.25, 0.3) is 11.3 Å². The van der Waals surface area contributed by atoms with E-state index in [2.05, 4.69) is 50.2 Å². The van der Waals surface area contributed by atoms with Gasteiger partial charge in [0.15, 0.2) is 0 Å². The number of rotatable bonds is 4. The first kappa shape index (κ1) is 16.0. The van der Waals surface area contributed by atoms with Crippen LogP contribution < -0.4 is 0 Å². The molecule has 27 heavy (non-hydrogen) atoms. The van der Waals surface area contributed by atoms with Crippen LogP contribution in [0.15, 0.2) is 77.9 Å². The number of hydrogen-bond acceptors (Lipinski definition) is 4. The highest BCUT2D eigenvalue weighted by molar-refractivity contribution is 5.62. The first-order chi connectivity index (χ1) is 13.4. The number of aromatic amines is 1. The minimum Gasteiger partial charge on any atom is -0.464 e. The van der Waals surface area contributed by atoms with Gasteiger partial charge in [-0.15, -0.1) is 0 Å². The third-order valence-corrected chi connectivity index (χ3v) is 5.20. The van der Waals surface area contributed by atoms with Gasteiger partial charge in [0.05, 0.1) is 24.3 Å². The predicted molar refractivity (Wildman–Crippen MR) is 103 cm³/mol. The zero-order valence-electron chi connectivity index (χ0n) is 14.9. The quantitative estimate of drug-likeness (QED) is 0.595. The number of nitrogens with one attached hydrogen (secondary N) is 1. The highest BCUT2D eigenvalue weighted by atomic mass is 16.3. The maximum atomic E-state index is 5.66. The predicted octanol–water partition coefficient (Wildman–Crippen LogP) is 4.21. The van der Waals surface area contributed by atoms with Crippen molar-refractivity contribution in [3.05, 3.63) is 96.0 Å². The number of nitrogens with zero attached hydrogens (tertiary/aromatic N) is 3. The Balaban J connectivity index is 1.54. The monoisotopic (exact) mass is 356 g/mol. The van der Waals surface area contributed by atoms with E-state index in [0.29, 0.717) is 0 Å². The molecule has 1 aromatic carbocycles. The minimum atomic E-state index is 0.0957. The van der Waals surface area contributed by atoms with E-state index >= 15 is 0 Å². The Morgan fingerprint density at radius 3 is 2.93 bits per heavy atom. The standard InChI is InChI=1S/C22H20N4O/c1-2-7-18(20-8-4-12-27-20)17(5-1)14-26-11-9-19-21(25-15-24-19)22(26)16-6-3-10-23-13-16/h1-8,10,12-13,15,22H,9,11,14H2,(H,24,25)/t22-/m0/s1. The maximum Gasteiger partial charge on any atom is 0.134 e. The number of aromatic nitrogens is 3. The van der Waals surface area contributed by atoms with E-state index in [0.717, 1.165) is 36.5 Å². The van der Waals surface area contributed by atoms with Crippen molar-refractivity contribution in [2.75, 3.05) is 6.54 Å². The lowest BCUT2D eigenvalue weighted by atomic mass is 9.95. The molecule has 0 radical (unpaired) electrons. The van der Waals surface area contributed by atoms with Crippen molar-refractivity contribution in [3.8, 4) is 11.3 Å². The average Bonchev–Trinajstić information content (AvgIpc) is 3.41. The molecule has 1 N–H and O–H groups in total. The van der Waals surface area contributed by atoms with E-state index in [1.54, 1.807) is 12.6 Å². The lowest BCUT2D eigenvalue weighted by Crippen LogP contribution is -2.36. The Bertz CT molecular complexity index is 1020. The van der Waals surface area contributed by atoms with Gasteiger partial charge in [-0.25, -0.2) is 4.98 Å². The summed E-state index contributed by atoms with van der Waals surface area (Å²) in [4.78, 5) is 14.7. The topological polar surface area (TPSA) is 58.0 Å². The Hall–Kier alpha value is -3.18. The van der Waals surface area contributed by atoms with Crippen LogP contribution in [0.5, 0.6) is 0 Å². The second kappa shape index (κ2) is 6.85. The van der Waals surface area contributed by atoms with Gasteiger partial charge in [-0.1, -0.05) is 30.3 Å². The van der Waals surface area contributed by atoms with Gasteiger partial charge in [0.25, 0.3) is 0 Å². The zero-order valence-corrected chi connectivity index (χ0v) is 14.9. The Morgan fingerprint density at radius 2 is 2.07 bits per heavy atom. The van der Waals surface area contributed by atoms with Crippen LogP contribution in [0.1, 0.15) is 28.6 Å². The molecule has 0 bridgehead atoms. The molecular formula is C22H20N4O. The summed E-state index contributed by atoms with van der Waals surface area (Å²) in [7, 11) is 0. The Kier molecular flexibility index (Phi) is 4.07. The van der Waals surface area contributed by atoms with Crippen molar-refractivity contribution in [2.45, 2.75) is 19.0 Å². The lowest BCUT2D eigenvalue weighted by Gasteiger charge is -2.35. The Labute approximate surface area is 157 Å². The van der Waals surface area contributed by atoms with Gasteiger partial charge < -0.3 is 9.40 Å². The smallest absolute Gasteiger partial charge is 0.134 e. The summed E-state index contributed by atoms with van der Waals surface area (Å²) in [5.41, 5.74) is 5.88. The van der Waals surface area contributed by atoms with Crippen molar-refractivity contribution in [2.24, 2.45) is 0 Å². The summed E-state index contributed by atoms with van der Waals surface area (Å²) >= 11 is 0. The fraction of sp³-hybridized carbons (Fsp3) is 0.182. The van der Waals surface area contributed by atoms with Crippen LogP contribution in [0.3, 0.4) is 0 Å². The second-order valence-electron chi connectivity index (χ2n) is 6.81. The second-order valence-corrected chi connectivity index (χ2v) is 6.81. The molecule has 1 atom stereocenters. The van der Waals surface area contributed by atoms with Crippen LogP contribution in [0.4, 0.5) is 0 Å². The van der Waals surface area contributed by atoms with Gasteiger partial charge in [-0.05, 0) is 29.3 Å². The number of fused-ring (bicyclic) bond motifs is 1. The molecule has 0 saturated carbocycles. The molecule has 5 rings (SSSR count). The van der Waals surface area contributed by atoms with E-state index < -0.39 is 0 Å². The van der Waals surface area contributed by atoms with Crippen LogP contribution in [-0.4, -0.2) is 26.4 Å². The van der Waals surface area contributed by atoms with Crippen molar-refractivity contribution in [1.82, 2.24) is 19.9 Å². The normalized spacial score (nSPS) is 17.0. The van der Waals surface area contributed by atoms with E-state index in [-0.39, 0.29) is 6.04 Å². The molecule has 0 aliphatic carbocycles. The van der Waals surface area contributed by atoms with Crippen molar-refractivity contribution in [1.29, 1.82) is 0 Å². The van der Waals surface area contributed by atoms with Gasteiger partial charge in [0, 0.05) is 43.2 Å². The number of H-pyrrole nitrogens is 1. The Morgan fingerprint density at radius 1 is 1.11 bits per heavy atom. The van der Waals surface area contributed by atoms with Crippen molar-refractivity contribution >= 4 is 0 Å². The number of furan rings is 1. The van der Waals surface area contributed by atoms with Gasteiger partial charge in [-0.3, -0.25) is 9.88 Å². The molecular weight excluding hydrogens is 336 g/mol. The third-order valence-electron chi connectivity index (χ3n) is 5.20. The molecule has 3 aromatic heterocycles. The molecule has 134 valence electrons. The minimum absolute atomic E-state index is 0.0957. The maximum absolute atomic E-state index is 5.66. The number of benzene rings is 1. The molecule has 4 heterocycles. The molecule has 5 nitrogen and oxygen atoms in total. The first-order valence-electron chi connectivity index (χ1n) is 9.18. The molecule has 1 aliphatic rings. The summed E-state index contributed by atoms with van der Waals surface area (Å²) in [6.07, 6.45) is 8.25. The van der Waals surface area contributed by atoms with Crippen LogP contribution in [0, 0.1) is 0 Å². The molecule has 4 aromatic rings. The summed E-state index contributed by atoms with van der Waals surface area (Å²) in [5, 5.41) is 0. The summed E-state index contributed by atoms with van der Waals surface area (Å²) in [6.45, 7) is 1.78.